The van der Waals surface area contributed by atoms with Crippen LogP contribution in [0.15, 0.2) is 48.5 Å². The number of benzene rings is 2. The molecule has 0 unspecified atom stereocenters. The van der Waals surface area contributed by atoms with Gasteiger partial charge in [-0.1, -0.05) is 36.4 Å². The summed E-state index contributed by atoms with van der Waals surface area (Å²) >= 11 is 0. The first kappa shape index (κ1) is 14.3. The normalized spacial score (nSPS) is 15.1. The number of amides is 1. The molecule has 0 aromatic heterocycles. The van der Waals surface area contributed by atoms with Gasteiger partial charge in [-0.3, -0.25) is 14.9 Å². The molecule has 1 aliphatic carbocycles. The van der Waals surface area contributed by atoms with Crippen molar-refractivity contribution in [3.63, 3.8) is 0 Å². The van der Waals surface area contributed by atoms with E-state index in [4.69, 9.17) is 0 Å². The van der Waals surface area contributed by atoms with Gasteiger partial charge >= 0.3 is 0 Å². The third-order valence-electron chi connectivity index (χ3n) is 4.17. The maximum absolute atomic E-state index is 12.6. The summed E-state index contributed by atoms with van der Waals surface area (Å²) in [5, 5.41) is 13.8. The lowest BCUT2D eigenvalue weighted by Gasteiger charge is -2.15. The van der Waals surface area contributed by atoms with Gasteiger partial charge in [0.15, 0.2) is 0 Å². The van der Waals surface area contributed by atoms with E-state index in [9.17, 15) is 14.9 Å². The van der Waals surface area contributed by atoms with Crippen molar-refractivity contribution in [1.82, 2.24) is 0 Å². The molecule has 0 spiro atoms. The zero-order valence-corrected chi connectivity index (χ0v) is 12.2. The van der Waals surface area contributed by atoms with Crippen molar-refractivity contribution >= 4 is 17.3 Å². The summed E-state index contributed by atoms with van der Waals surface area (Å²) in [5.41, 5.74) is 1.56. The number of aryl methyl sites for hydroxylation is 1. The van der Waals surface area contributed by atoms with Crippen LogP contribution in [0.3, 0.4) is 0 Å². The minimum atomic E-state index is -0.485. The smallest absolute Gasteiger partial charge is 0.274 e. The molecule has 1 saturated carbocycles. The number of nitrogens with zero attached hydrogens (tertiary/aromatic N) is 1. The molecule has 1 fully saturated rings. The predicted molar refractivity (Wildman–Crippen MR) is 83.8 cm³/mol. The van der Waals surface area contributed by atoms with Crippen LogP contribution in [0.2, 0.25) is 0 Å². The van der Waals surface area contributed by atoms with Gasteiger partial charge in [-0.2, -0.15) is 0 Å². The topological polar surface area (TPSA) is 72.2 Å². The van der Waals surface area contributed by atoms with Gasteiger partial charge in [0.05, 0.1) is 10.3 Å². The average molecular weight is 296 g/mol. The highest BCUT2D eigenvalue weighted by Crippen LogP contribution is 2.49. The van der Waals surface area contributed by atoms with Crippen LogP contribution in [0.1, 0.15) is 24.0 Å². The van der Waals surface area contributed by atoms with Crippen molar-refractivity contribution in [2.45, 2.75) is 25.2 Å². The van der Waals surface area contributed by atoms with Crippen molar-refractivity contribution in [1.29, 1.82) is 0 Å². The van der Waals surface area contributed by atoms with Crippen LogP contribution < -0.4 is 5.32 Å². The summed E-state index contributed by atoms with van der Waals surface area (Å²) in [7, 11) is 0. The molecule has 2 aromatic carbocycles. The first-order valence-electron chi connectivity index (χ1n) is 7.15. The molecule has 22 heavy (non-hydrogen) atoms. The van der Waals surface area contributed by atoms with Crippen LogP contribution >= 0.6 is 0 Å². The van der Waals surface area contributed by atoms with Crippen LogP contribution in [0.25, 0.3) is 0 Å². The number of carbonyl (C=O) groups excluding carboxylic acids is 1. The molecule has 5 heteroatoms. The first-order chi connectivity index (χ1) is 10.5. The van der Waals surface area contributed by atoms with E-state index in [-0.39, 0.29) is 11.6 Å². The molecule has 0 atom stereocenters. The fourth-order valence-corrected chi connectivity index (χ4v) is 2.66. The van der Waals surface area contributed by atoms with Crippen LogP contribution in [0.5, 0.6) is 0 Å². The van der Waals surface area contributed by atoms with E-state index >= 15 is 0 Å². The number of carbonyl (C=O) groups is 1. The van der Waals surface area contributed by atoms with Crippen molar-refractivity contribution in [3.05, 3.63) is 69.8 Å². The summed E-state index contributed by atoms with van der Waals surface area (Å²) < 4.78 is 0. The quantitative estimate of drug-likeness (QED) is 0.692. The van der Waals surface area contributed by atoms with Gasteiger partial charge in [0, 0.05) is 17.3 Å². The molecule has 1 aliphatic rings. The molecule has 0 aliphatic heterocycles. The van der Waals surface area contributed by atoms with Gasteiger partial charge in [0.25, 0.3) is 5.69 Å². The number of nitrogens with one attached hydrogen (secondary N) is 1. The number of anilines is 1. The largest absolute Gasteiger partial charge is 0.325 e. The third-order valence-corrected chi connectivity index (χ3v) is 4.17. The summed E-state index contributed by atoms with van der Waals surface area (Å²) in [6.45, 7) is 1.68. The summed E-state index contributed by atoms with van der Waals surface area (Å²) in [6.07, 6.45) is 1.60. The monoisotopic (exact) mass is 296 g/mol. The molecule has 0 radical (unpaired) electrons. The van der Waals surface area contributed by atoms with E-state index in [0.717, 1.165) is 18.4 Å². The Morgan fingerprint density at radius 3 is 2.45 bits per heavy atom. The lowest BCUT2D eigenvalue weighted by atomic mass is 9.95. The Balaban J connectivity index is 1.84. The molecule has 0 heterocycles. The van der Waals surface area contributed by atoms with Gasteiger partial charge in [-0.05, 0) is 31.4 Å². The highest BCUT2D eigenvalue weighted by atomic mass is 16.6. The zero-order valence-electron chi connectivity index (χ0n) is 12.2. The summed E-state index contributed by atoms with van der Waals surface area (Å²) in [5.74, 6) is -0.100. The van der Waals surface area contributed by atoms with Gasteiger partial charge in [-0.15, -0.1) is 0 Å². The minimum absolute atomic E-state index is 0.0161. The molecule has 1 amide bonds. The minimum Gasteiger partial charge on any atom is -0.325 e. The molecular formula is C17H16N2O3. The van der Waals surface area contributed by atoms with E-state index in [1.165, 1.54) is 6.07 Å². The van der Waals surface area contributed by atoms with Crippen LogP contribution in [0.4, 0.5) is 11.4 Å². The highest BCUT2D eigenvalue weighted by molar-refractivity contribution is 6.01. The molecule has 2 aromatic rings. The Labute approximate surface area is 128 Å². The van der Waals surface area contributed by atoms with Crippen molar-refractivity contribution < 1.29 is 9.72 Å². The van der Waals surface area contributed by atoms with E-state index in [0.29, 0.717) is 11.3 Å². The van der Waals surface area contributed by atoms with Gasteiger partial charge < -0.3 is 5.32 Å². The predicted octanol–water partition coefficient (Wildman–Crippen LogP) is 3.57. The van der Waals surface area contributed by atoms with Gasteiger partial charge in [-0.25, -0.2) is 0 Å². The Hall–Kier alpha value is -2.69. The van der Waals surface area contributed by atoms with Crippen LogP contribution in [-0.2, 0) is 10.2 Å². The fourth-order valence-electron chi connectivity index (χ4n) is 2.66. The lowest BCUT2D eigenvalue weighted by molar-refractivity contribution is -0.385. The van der Waals surface area contributed by atoms with Crippen molar-refractivity contribution in [3.8, 4) is 0 Å². The summed E-state index contributed by atoms with van der Waals surface area (Å²) in [4.78, 5) is 23.1. The second-order valence-electron chi connectivity index (χ2n) is 5.66. The SMILES string of the molecule is Cc1ccc(NC(=O)C2(c3ccccc3)CC2)cc1[N+](=O)[O-]. The van der Waals surface area contributed by atoms with E-state index in [1.54, 1.807) is 19.1 Å². The molecule has 5 nitrogen and oxygen atoms in total. The van der Waals surface area contributed by atoms with Gasteiger partial charge in [0.2, 0.25) is 5.91 Å². The maximum atomic E-state index is 12.6. The number of rotatable bonds is 4. The van der Waals surface area contributed by atoms with E-state index < -0.39 is 10.3 Å². The lowest BCUT2D eigenvalue weighted by Crippen LogP contribution is -2.27. The zero-order chi connectivity index (χ0) is 15.7. The molecule has 3 rings (SSSR count). The molecule has 1 N–H and O–H groups in total. The number of hydrogen-bond acceptors (Lipinski definition) is 3. The Kier molecular flexibility index (Phi) is 3.41. The second-order valence-corrected chi connectivity index (χ2v) is 5.66. The molecule has 112 valence electrons. The van der Waals surface area contributed by atoms with E-state index in [1.807, 2.05) is 30.3 Å². The van der Waals surface area contributed by atoms with Gasteiger partial charge in [0.1, 0.15) is 0 Å². The number of nitro benzene ring substituents is 1. The van der Waals surface area contributed by atoms with Crippen molar-refractivity contribution in [2.24, 2.45) is 0 Å². The molecular weight excluding hydrogens is 280 g/mol. The van der Waals surface area contributed by atoms with Crippen molar-refractivity contribution in [2.75, 3.05) is 5.32 Å². The Morgan fingerprint density at radius 1 is 1.18 bits per heavy atom. The first-order valence-corrected chi connectivity index (χ1v) is 7.15. The fraction of sp³-hybridized carbons (Fsp3) is 0.235. The van der Waals surface area contributed by atoms with Crippen LogP contribution in [0, 0.1) is 17.0 Å². The summed E-state index contributed by atoms with van der Waals surface area (Å²) in [6, 6.07) is 14.4. The van der Waals surface area contributed by atoms with E-state index in [2.05, 4.69) is 5.32 Å². The molecule has 0 saturated heterocycles. The Morgan fingerprint density at radius 2 is 1.86 bits per heavy atom. The Bertz CT molecular complexity index is 737. The molecule has 0 bridgehead atoms. The third kappa shape index (κ3) is 2.45. The standard InChI is InChI=1S/C17H16N2O3/c1-12-7-8-14(11-15(12)19(21)22)18-16(20)17(9-10-17)13-5-3-2-4-6-13/h2-8,11H,9-10H2,1H3,(H,18,20). The highest BCUT2D eigenvalue weighted by Gasteiger charge is 2.51. The second kappa shape index (κ2) is 5.26. The number of hydrogen-bond donors (Lipinski definition) is 1. The van der Waals surface area contributed by atoms with Crippen LogP contribution in [-0.4, -0.2) is 10.8 Å². The number of nitro groups is 1. The average Bonchev–Trinajstić information content (AvgIpc) is 3.31. The maximum Gasteiger partial charge on any atom is 0.274 e.